The SMILES string of the molecule is CC(=O)NCc1ccc2c(c1)Sc1ccccc1N=C2N1CCN(CCOCCO)CC1. The number of piperazine rings is 1. The molecule has 0 saturated carbocycles. The standard InChI is InChI=1S/C24H30N4O3S/c1-18(30)25-17-19-6-7-20-23(16-19)32-22-5-3-2-4-21(22)26-24(20)28-10-8-27(9-11-28)12-14-31-15-13-29/h2-7,16,29H,8-15,17H2,1H3,(H,25,30). The number of hydrogen-bond acceptors (Lipinski definition) is 7. The second kappa shape index (κ2) is 11.0. The zero-order chi connectivity index (χ0) is 22.3. The van der Waals surface area contributed by atoms with Gasteiger partial charge >= 0.3 is 0 Å². The number of carbonyl (C=O) groups is 1. The number of aliphatic imine (C=N–C) groups is 1. The van der Waals surface area contributed by atoms with Gasteiger partial charge in [0.1, 0.15) is 5.84 Å². The molecule has 2 aromatic carbocycles. The van der Waals surface area contributed by atoms with E-state index in [1.54, 1.807) is 11.8 Å². The number of aliphatic hydroxyl groups is 1. The summed E-state index contributed by atoms with van der Waals surface area (Å²) in [6.45, 7) is 7.75. The van der Waals surface area contributed by atoms with Crippen molar-refractivity contribution in [3.8, 4) is 0 Å². The highest BCUT2D eigenvalue weighted by atomic mass is 32.2. The van der Waals surface area contributed by atoms with E-state index in [4.69, 9.17) is 14.8 Å². The van der Waals surface area contributed by atoms with Crippen LogP contribution in [0, 0.1) is 0 Å². The van der Waals surface area contributed by atoms with E-state index >= 15 is 0 Å². The highest BCUT2D eigenvalue weighted by Crippen LogP contribution is 2.41. The molecule has 0 radical (unpaired) electrons. The van der Waals surface area contributed by atoms with E-state index in [0.29, 0.717) is 19.8 Å². The van der Waals surface area contributed by atoms with Gasteiger partial charge in [0.05, 0.1) is 25.5 Å². The second-order valence-electron chi connectivity index (χ2n) is 7.91. The molecule has 0 atom stereocenters. The third-order valence-corrected chi connectivity index (χ3v) is 6.72. The van der Waals surface area contributed by atoms with E-state index in [9.17, 15) is 4.79 Å². The van der Waals surface area contributed by atoms with Crippen LogP contribution < -0.4 is 5.32 Å². The molecule has 0 unspecified atom stereocenters. The van der Waals surface area contributed by atoms with E-state index in [-0.39, 0.29) is 12.5 Å². The summed E-state index contributed by atoms with van der Waals surface area (Å²) in [4.78, 5) is 23.5. The minimum absolute atomic E-state index is 0.0279. The van der Waals surface area contributed by atoms with Crippen LogP contribution in [0.25, 0.3) is 0 Å². The van der Waals surface area contributed by atoms with Gasteiger partial charge in [0.2, 0.25) is 5.91 Å². The fourth-order valence-electron chi connectivity index (χ4n) is 3.89. The predicted octanol–water partition coefficient (Wildman–Crippen LogP) is 2.49. The lowest BCUT2D eigenvalue weighted by atomic mass is 10.1. The monoisotopic (exact) mass is 454 g/mol. The Morgan fingerprint density at radius 1 is 1.12 bits per heavy atom. The summed E-state index contributed by atoms with van der Waals surface area (Å²) in [7, 11) is 0. The van der Waals surface area contributed by atoms with E-state index in [1.165, 1.54) is 6.92 Å². The van der Waals surface area contributed by atoms with E-state index in [1.807, 2.05) is 12.1 Å². The first-order valence-corrected chi connectivity index (χ1v) is 11.8. The van der Waals surface area contributed by atoms with Gasteiger partial charge in [-0.05, 0) is 29.8 Å². The molecule has 2 N–H and O–H groups in total. The molecule has 1 amide bonds. The number of hydrogen-bond donors (Lipinski definition) is 2. The van der Waals surface area contributed by atoms with Crippen molar-refractivity contribution in [2.45, 2.75) is 23.3 Å². The van der Waals surface area contributed by atoms with Crippen LogP contribution in [-0.2, 0) is 16.1 Å². The Bertz CT molecular complexity index is 973. The highest BCUT2D eigenvalue weighted by Gasteiger charge is 2.25. The molecule has 0 aliphatic carbocycles. The Balaban J connectivity index is 1.54. The van der Waals surface area contributed by atoms with Crippen molar-refractivity contribution < 1.29 is 14.6 Å². The lowest BCUT2D eigenvalue weighted by Crippen LogP contribution is -2.49. The highest BCUT2D eigenvalue weighted by molar-refractivity contribution is 7.99. The Kier molecular flexibility index (Phi) is 7.81. The minimum atomic E-state index is -0.0279. The van der Waals surface area contributed by atoms with Crippen molar-refractivity contribution in [2.75, 3.05) is 52.5 Å². The maximum Gasteiger partial charge on any atom is 0.217 e. The molecular weight excluding hydrogens is 424 g/mol. The quantitative estimate of drug-likeness (QED) is 0.626. The van der Waals surface area contributed by atoms with Crippen molar-refractivity contribution in [1.82, 2.24) is 15.1 Å². The van der Waals surface area contributed by atoms with Crippen molar-refractivity contribution >= 4 is 29.2 Å². The van der Waals surface area contributed by atoms with Crippen LogP contribution in [0.2, 0.25) is 0 Å². The number of amides is 1. The summed E-state index contributed by atoms with van der Waals surface area (Å²) in [6.07, 6.45) is 0. The van der Waals surface area contributed by atoms with E-state index in [2.05, 4.69) is 45.4 Å². The number of amidine groups is 1. The molecule has 2 heterocycles. The summed E-state index contributed by atoms with van der Waals surface area (Å²) in [6, 6.07) is 14.6. The first-order valence-electron chi connectivity index (χ1n) is 11.0. The van der Waals surface area contributed by atoms with Gasteiger partial charge in [-0.1, -0.05) is 30.0 Å². The summed E-state index contributed by atoms with van der Waals surface area (Å²) in [5.41, 5.74) is 3.21. The lowest BCUT2D eigenvalue weighted by molar-refractivity contribution is -0.119. The van der Waals surface area contributed by atoms with Crippen molar-refractivity contribution in [3.63, 3.8) is 0 Å². The zero-order valence-electron chi connectivity index (χ0n) is 18.4. The Morgan fingerprint density at radius 2 is 1.94 bits per heavy atom. The maximum absolute atomic E-state index is 11.3. The van der Waals surface area contributed by atoms with Crippen molar-refractivity contribution in [2.24, 2.45) is 4.99 Å². The third kappa shape index (κ3) is 5.69. The van der Waals surface area contributed by atoms with Gasteiger partial charge in [0.15, 0.2) is 0 Å². The fourth-order valence-corrected chi connectivity index (χ4v) is 4.97. The molecule has 1 saturated heterocycles. The predicted molar refractivity (Wildman–Crippen MR) is 127 cm³/mol. The van der Waals surface area contributed by atoms with Crippen LogP contribution in [0.3, 0.4) is 0 Å². The molecule has 170 valence electrons. The topological polar surface area (TPSA) is 77.4 Å². The number of rotatable bonds is 7. The number of carbonyl (C=O) groups excluding carboxylic acids is 1. The van der Waals surface area contributed by atoms with Crippen LogP contribution in [0.5, 0.6) is 0 Å². The van der Waals surface area contributed by atoms with Crippen molar-refractivity contribution in [3.05, 3.63) is 53.6 Å². The number of para-hydroxylation sites is 1. The van der Waals surface area contributed by atoms with Gasteiger partial charge in [-0.15, -0.1) is 0 Å². The number of nitrogens with one attached hydrogen (secondary N) is 1. The summed E-state index contributed by atoms with van der Waals surface area (Å²) in [5, 5.41) is 11.7. The Morgan fingerprint density at radius 3 is 2.72 bits per heavy atom. The number of ether oxygens (including phenoxy) is 1. The molecule has 32 heavy (non-hydrogen) atoms. The van der Waals surface area contributed by atoms with Gasteiger partial charge in [-0.25, -0.2) is 4.99 Å². The number of nitrogens with zero attached hydrogens (tertiary/aromatic N) is 3. The molecule has 1 fully saturated rings. The van der Waals surface area contributed by atoms with Crippen LogP contribution >= 0.6 is 11.8 Å². The minimum Gasteiger partial charge on any atom is -0.394 e. The smallest absolute Gasteiger partial charge is 0.217 e. The molecule has 0 spiro atoms. The van der Waals surface area contributed by atoms with Crippen LogP contribution in [0.15, 0.2) is 57.2 Å². The summed E-state index contributed by atoms with van der Waals surface area (Å²) < 4.78 is 5.42. The molecule has 0 bridgehead atoms. The number of aliphatic hydroxyl groups excluding tert-OH is 1. The molecule has 2 aliphatic heterocycles. The normalized spacial score (nSPS) is 16.1. The first-order chi connectivity index (χ1) is 15.6. The molecule has 0 aromatic heterocycles. The average Bonchev–Trinajstić information content (AvgIpc) is 2.97. The molecule has 8 heteroatoms. The first kappa shape index (κ1) is 22.8. The average molecular weight is 455 g/mol. The maximum atomic E-state index is 11.3. The molecule has 2 aliphatic rings. The largest absolute Gasteiger partial charge is 0.394 e. The van der Waals surface area contributed by atoms with Crippen LogP contribution in [-0.4, -0.2) is 79.2 Å². The van der Waals surface area contributed by atoms with Gasteiger partial charge in [0.25, 0.3) is 0 Å². The van der Waals surface area contributed by atoms with E-state index in [0.717, 1.165) is 65.2 Å². The molecule has 7 nitrogen and oxygen atoms in total. The number of fused-ring (bicyclic) bond motifs is 2. The van der Waals surface area contributed by atoms with Gasteiger partial charge < -0.3 is 20.1 Å². The third-order valence-electron chi connectivity index (χ3n) is 5.60. The Hall–Kier alpha value is -2.39. The second-order valence-corrected chi connectivity index (χ2v) is 8.99. The van der Waals surface area contributed by atoms with Crippen molar-refractivity contribution in [1.29, 1.82) is 0 Å². The lowest BCUT2D eigenvalue weighted by Gasteiger charge is -2.36. The molecule has 2 aromatic rings. The Labute approximate surface area is 193 Å². The molecular formula is C24H30N4O3S. The van der Waals surface area contributed by atoms with Gasteiger partial charge in [-0.2, -0.15) is 0 Å². The number of benzene rings is 2. The van der Waals surface area contributed by atoms with Crippen LogP contribution in [0.4, 0.5) is 5.69 Å². The fraction of sp³-hybridized carbons (Fsp3) is 0.417. The molecule has 4 rings (SSSR count). The van der Waals surface area contributed by atoms with E-state index < -0.39 is 0 Å². The summed E-state index contributed by atoms with van der Waals surface area (Å²) in [5.74, 6) is 0.986. The van der Waals surface area contributed by atoms with Gasteiger partial charge in [0, 0.05) is 61.5 Å². The van der Waals surface area contributed by atoms with Gasteiger partial charge in [-0.3, -0.25) is 9.69 Å². The zero-order valence-corrected chi connectivity index (χ0v) is 19.2. The summed E-state index contributed by atoms with van der Waals surface area (Å²) >= 11 is 1.73. The van der Waals surface area contributed by atoms with Crippen LogP contribution in [0.1, 0.15) is 18.1 Å².